The van der Waals surface area contributed by atoms with Crippen molar-refractivity contribution in [1.29, 1.82) is 0 Å². The molecule has 1 N–H and O–H groups in total. The van der Waals surface area contributed by atoms with E-state index in [4.69, 9.17) is 16.3 Å². The van der Waals surface area contributed by atoms with Crippen molar-refractivity contribution in [3.63, 3.8) is 0 Å². The highest BCUT2D eigenvalue weighted by atomic mass is 35.5. The smallest absolute Gasteiger partial charge is 0.174 e. The Morgan fingerprint density at radius 1 is 1.35 bits per heavy atom. The van der Waals surface area contributed by atoms with Crippen LogP contribution in [0.3, 0.4) is 0 Å². The zero-order valence-electron chi connectivity index (χ0n) is 11.2. The fraction of sp³-hybridized carbons (Fsp3) is 0.267. The second-order valence-electron chi connectivity index (χ2n) is 4.32. The van der Waals surface area contributed by atoms with Crippen LogP contribution in [-0.4, -0.2) is 11.5 Å². The molecule has 2 aromatic rings. The molecular formula is C15H16ClFN2O. The zero-order chi connectivity index (χ0) is 14.4. The van der Waals surface area contributed by atoms with E-state index in [9.17, 15) is 4.39 Å². The van der Waals surface area contributed by atoms with Crippen molar-refractivity contribution >= 4 is 17.4 Å². The van der Waals surface area contributed by atoms with E-state index < -0.39 is 5.82 Å². The third-order valence-corrected chi connectivity index (χ3v) is 2.98. The number of benzene rings is 1. The van der Waals surface area contributed by atoms with Crippen LogP contribution in [0.2, 0.25) is 5.02 Å². The van der Waals surface area contributed by atoms with Gasteiger partial charge in [-0.2, -0.15) is 0 Å². The SMILES string of the molecule is CCCNc1cc(COc2c(F)cccc2Cl)ccn1. The lowest BCUT2D eigenvalue weighted by molar-refractivity contribution is 0.290. The summed E-state index contributed by atoms with van der Waals surface area (Å²) in [4.78, 5) is 4.20. The summed E-state index contributed by atoms with van der Waals surface area (Å²) in [6.45, 7) is 3.18. The van der Waals surface area contributed by atoms with Gasteiger partial charge >= 0.3 is 0 Å². The maximum Gasteiger partial charge on any atom is 0.174 e. The van der Waals surface area contributed by atoms with E-state index in [2.05, 4.69) is 17.2 Å². The summed E-state index contributed by atoms with van der Waals surface area (Å²) < 4.78 is 19.0. The molecule has 0 aliphatic heterocycles. The van der Waals surface area contributed by atoms with Gasteiger partial charge < -0.3 is 10.1 Å². The Bertz CT molecular complexity index is 557. The molecule has 5 heteroatoms. The number of hydrogen-bond acceptors (Lipinski definition) is 3. The summed E-state index contributed by atoms with van der Waals surface area (Å²) in [6, 6.07) is 8.17. The molecule has 0 aliphatic carbocycles. The molecular weight excluding hydrogens is 279 g/mol. The number of rotatable bonds is 6. The van der Waals surface area contributed by atoms with Crippen molar-refractivity contribution < 1.29 is 9.13 Å². The lowest BCUT2D eigenvalue weighted by Crippen LogP contribution is -2.03. The Morgan fingerprint density at radius 3 is 2.95 bits per heavy atom. The van der Waals surface area contributed by atoms with Crippen LogP contribution < -0.4 is 10.1 Å². The largest absolute Gasteiger partial charge is 0.484 e. The number of halogens is 2. The molecule has 0 radical (unpaired) electrons. The van der Waals surface area contributed by atoms with Gasteiger partial charge in [0.2, 0.25) is 0 Å². The van der Waals surface area contributed by atoms with E-state index in [0.29, 0.717) is 0 Å². The highest BCUT2D eigenvalue weighted by Gasteiger charge is 2.08. The summed E-state index contributed by atoms with van der Waals surface area (Å²) in [6.07, 6.45) is 2.72. The predicted octanol–water partition coefficient (Wildman–Crippen LogP) is 4.28. The molecule has 0 amide bonds. The highest BCUT2D eigenvalue weighted by molar-refractivity contribution is 6.32. The van der Waals surface area contributed by atoms with Gasteiger partial charge in [0.25, 0.3) is 0 Å². The van der Waals surface area contributed by atoms with E-state index in [1.54, 1.807) is 18.3 Å². The minimum Gasteiger partial charge on any atom is -0.484 e. The van der Waals surface area contributed by atoms with E-state index in [1.165, 1.54) is 6.07 Å². The van der Waals surface area contributed by atoms with Crippen LogP contribution >= 0.6 is 11.6 Å². The molecule has 0 aliphatic rings. The van der Waals surface area contributed by atoms with Gasteiger partial charge in [-0.05, 0) is 36.2 Å². The van der Waals surface area contributed by atoms with Crippen molar-refractivity contribution in [1.82, 2.24) is 4.98 Å². The lowest BCUT2D eigenvalue weighted by Gasteiger charge is -2.10. The Balaban J connectivity index is 2.03. The first-order valence-corrected chi connectivity index (χ1v) is 6.84. The molecule has 1 aromatic heterocycles. The molecule has 2 rings (SSSR count). The molecule has 0 fully saturated rings. The normalized spacial score (nSPS) is 10.3. The second kappa shape index (κ2) is 7.10. The minimum absolute atomic E-state index is 0.0778. The van der Waals surface area contributed by atoms with Crippen LogP contribution in [0.5, 0.6) is 5.75 Å². The van der Waals surface area contributed by atoms with Gasteiger partial charge in [-0.15, -0.1) is 0 Å². The van der Waals surface area contributed by atoms with Gasteiger partial charge in [0.15, 0.2) is 11.6 Å². The zero-order valence-corrected chi connectivity index (χ0v) is 12.0. The Hall–Kier alpha value is -1.81. The molecule has 0 spiro atoms. The fourth-order valence-corrected chi connectivity index (χ4v) is 1.91. The first-order chi connectivity index (χ1) is 9.70. The number of hydrogen-bond donors (Lipinski definition) is 1. The molecule has 0 unspecified atom stereocenters. The Labute approximate surface area is 122 Å². The molecule has 0 atom stereocenters. The Kier molecular flexibility index (Phi) is 5.18. The molecule has 1 aromatic carbocycles. The van der Waals surface area contributed by atoms with Crippen molar-refractivity contribution in [2.75, 3.05) is 11.9 Å². The molecule has 0 bridgehead atoms. The van der Waals surface area contributed by atoms with E-state index >= 15 is 0 Å². The monoisotopic (exact) mass is 294 g/mol. The topological polar surface area (TPSA) is 34.1 Å². The molecule has 3 nitrogen and oxygen atoms in total. The summed E-state index contributed by atoms with van der Waals surface area (Å²) in [7, 11) is 0. The minimum atomic E-state index is -0.462. The quantitative estimate of drug-likeness (QED) is 0.863. The number of ether oxygens (including phenoxy) is 1. The van der Waals surface area contributed by atoms with Crippen molar-refractivity contribution in [2.45, 2.75) is 20.0 Å². The highest BCUT2D eigenvalue weighted by Crippen LogP contribution is 2.28. The van der Waals surface area contributed by atoms with Gasteiger partial charge in [-0.25, -0.2) is 9.37 Å². The number of aromatic nitrogens is 1. The maximum atomic E-state index is 13.6. The van der Waals surface area contributed by atoms with E-state index in [1.807, 2.05) is 12.1 Å². The standard InChI is InChI=1S/C15H16ClFN2O/c1-2-7-18-14-9-11(6-8-19-14)10-20-15-12(16)4-3-5-13(15)17/h3-6,8-9H,2,7,10H2,1H3,(H,18,19). The summed E-state index contributed by atoms with van der Waals surface area (Å²) >= 11 is 5.91. The first kappa shape index (κ1) is 14.6. The molecule has 1 heterocycles. The van der Waals surface area contributed by atoms with Crippen molar-refractivity contribution in [3.8, 4) is 5.75 Å². The van der Waals surface area contributed by atoms with Gasteiger partial charge in [0.05, 0.1) is 5.02 Å². The van der Waals surface area contributed by atoms with Crippen molar-refractivity contribution in [2.24, 2.45) is 0 Å². The van der Waals surface area contributed by atoms with Crippen LogP contribution in [0.15, 0.2) is 36.5 Å². The van der Waals surface area contributed by atoms with Crippen LogP contribution in [0.1, 0.15) is 18.9 Å². The number of anilines is 1. The molecule has 20 heavy (non-hydrogen) atoms. The predicted molar refractivity (Wildman–Crippen MR) is 78.8 cm³/mol. The average Bonchev–Trinajstić information content (AvgIpc) is 2.45. The van der Waals surface area contributed by atoms with E-state index in [-0.39, 0.29) is 17.4 Å². The Morgan fingerprint density at radius 2 is 2.20 bits per heavy atom. The van der Waals surface area contributed by atoms with E-state index in [0.717, 1.165) is 24.3 Å². The lowest BCUT2D eigenvalue weighted by atomic mass is 10.2. The average molecular weight is 295 g/mol. The number of pyridine rings is 1. The molecule has 0 saturated carbocycles. The maximum absolute atomic E-state index is 13.6. The summed E-state index contributed by atoms with van der Waals surface area (Å²) in [5, 5.41) is 3.46. The number of para-hydroxylation sites is 1. The van der Waals surface area contributed by atoms with Gasteiger partial charge in [0, 0.05) is 12.7 Å². The fourth-order valence-electron chi connectivity index (χ4n) is 1.69. The van der Waals surface area contributed by atoms with Gasteiger partial charge in [0.1, 0.15) is 12.4 Å². The third-order valence-electron chi connectivity index (χ3n) is 2.68. The van der Waals surface area contributed by atoms with Crippen LogP contribution in [0.4, 0.5) is 10.2 Å². The van der Waals surface area contributed by atoms with Gasteiger partial charge in [-0.1, -0.05) is 24.6 Å². The van der Waals surface area contributed by atoms with Crippen LogP contribution in [0.25, 0.3) is 0 Å². The van der Waals surface area contributed by atoms with Crippen LogP contribution in [0, 0.1) is 5.82 Å². The first-order valence-electron chi connectivity index (χ1n) is 6.46. The molecule has 106 valence electrons. The third kappa shape index (κ3) is 3.84. The van der Waals surface area contributed by atoms with Crippen LogP contribution in [-0.2, 0) is 6.61 Å². The summed E-state index contributed by atoms with van der Waals surface area (Å²) in [5.74, 6) is 0.400. The number of nitrogens with zero attached hydrogens (tertiary/aromatic N) is 1. The second-order valence-corrected chi connectivity index (χ2v) is 4.72. The molecule has 0 saturated heterocycles. The number of nitrogens with one attached hydrogen (secondary N) is 1. The van der Waals surface area contributed by atoms with Gasteiger partial charge in [-0.3, -0.25) is 0 Å². The van der Waals surface area contributed by atoms with Crippen molar-refractivity contribution in [3.05, 3.63) is 52.9 Å². The summed E-state index contributed by atoms with van der Waals surface area (Å²) in [5.41, 5.74) is 0.901.